The van der Waals surface area contributed by atoms with Crippen LogP contribution in [0.5, 0.6) is 5.75 Å². The number of carbonyl (C=O) groups is 1. The predicted molar refractivity (Wildman–Crippen MR) is 95.2 cm³/mol. The highest BCUT2D eigenvalue weighted by Crippen LogP contribution is 2.31. The molecule has 25 heavy (non-hydrogen) atoms. The van der Waals surface area contributed by atoms with E-state index in [1.807, 2.05) is 37.4 Å². The molecule has 0 saturated carbocycles. The summed E-state index contributed by atoms with van der Waals surface area (Å²) in [7, 11) is 1.86. The van der Waals surface area contributed by atoms with Gasteiger partial charge in [0, 0.05) is 24.0 Å². The maximum absolute atomic E-state index is 12.6. The van der Waals surface area contributed by atoms with Crippen LogP contribution in [0.3, 0.4) is 0 Å². The number of halogens is 1. The van der Waals surface area contributed by atoms with E-state index >= 15 is 0 Å². The first-order valence-corrected chi connectivity index (χ1v) is 8.22. The minimum absolute atomic E-state index is 0.00923. The van der Waals surface area contributed by atoms with Crippen molar-refractivity contribution in [2.45, 2.75) is 6.54 Å². The molecule has 0 radical (unpaired) electrons. The molecule has 132 valence electrons. The standard InChI is InChI=1S/C19H21FN2O3/c1-21-15-2-4-16(5-3-15)22-13-14-12-17(6-7-18(14)19(22)23)25-11-10-24-9-8-20/h2-7,12,21H,8-11,13H2,1H3. The van der Waals surface area contributed by atoms with Crippen LogP contribution in [0.4, 0.5) is 15.8 Å². The van der Waals surface area contributed by atoms with Crippen molar-refractivity contribution in [2.24, 2.45) is 0 Å². The average molecular weight is 344 g/mol. The van der Waals surface area contributed by atoms with Gasteiger partial charge in [0.05, 0.1) is 19.8 Å². The Morgan fingerprint density at radius 3 is 2.64 bits per heavy atom. The second-order valence-electron chi connectivity index (χ2n) is 5.66. The lowest BCUT2D eigenvalue weighted by atomic mass is 10.1. The Hall–Kier alpha value is -2.60. The molecule has 0 atom stereocenters. The molecular weight excluding hydrogens is 323 g/mol. The number of fused-ring (bicyclic) bond motifs is 1. The zero-order chi connectivity index (χ0) is 17.6. The van der Waals surface area contributed by atoms with Crippen molar-refractivity contribution in [1.29, 1.82) is 0 Å². The summed E-state index contributed by atoms with van der Waals surface area (Å²) in [5.41, 5.74) is 3.49. The molecule has 1 amide bonds. The monoisotopic (exact) mass is 344 g/mol. The van der Waals surface area contributed by atoms with Crippen molar-refractivity contribution >= 4 is 17.3 Å². The van der Waals surface area contributed by atoms with Crippen molar-refractivity contribution in [3.63, 3.8) is 0 Å². The van der Waals surface area contributed by atoms with Crippen LogP contribution < -0.4 is 15.0 Å². The fraction of sp³-hybridized carbons (Fsp3) is 0.316. The van der Waals surface area contributed by atoms with Gasteiger partial charge in [-0.25, -0.2) is 4.39 Å². The fourth-order valence-corrected chi connectivity index (χ4v) is 2.78. The number of hydrogen-bond acceptors (Lipinski definition) is 4. The first-order chi connectivity index (χ1) is 12.2. The van der Waals surface area contributed by atoms with Gasteiger partial charge in [-0.15, -0.1) is 0 Å². The van der Waals surface area contributed by atoms with E-state index in [0.717, 1.165) is 16.9 Å². The highest BCUT2D eigenvalue weighted by molar-refractivity contribution is 6.10. The number of rotatable bonds is 8. The second-order valence-corrected chi connectivity index (χ2v) is 5.66. The fourth-order valence-electron chi connectivity index (χ4n) is 2.78. The summed E-state index contributed by atoms with van der Waals surface area (Å²) in [6.45, 7) is 0.795. The zero-order valence-electron chi connectivity index (χ0n) is 14.1. The maximum Gasteiger partial charge on any atom is 0.258 e. The normalized spacial score (nSPS) is 13.0. The molecule has 1 N–H and O–H groups in total. The van der Waals surface area contributed by atoms with Gasteiger partial charge < -0.3 is 19.7 Å². The molecule has 3 rings (SSSR count). The van der Waals surface area contributed by atoms with Crippen molar-refractivity contribution in [3.8, 4) is 5.75 Å². The minimum atomic E-state index is -0.494. The number of ether oxygens (including phenoxy) is 2. The van der Waals surface area contributed by atoms with E-state index in [-0.39, 0.29) is 12.5 Å². The third-order valence-corrected chi connectivity index (χ3v) is 4.07. The number of carbonyl (C=O) groups excluding carboxylic acids is 1. The molecule has 1 aliphatic heterocycles. The molecule has 2 aromatic carbocycles. The van der Waals surface area contributed by atoms with Crippen LogP contribution in [-0.4, -0.2) is 39.5 Å². The maximum atomic E-state index is 12.6. The quantitative estimate of drug-likeness (QED) is 0.747. The van der Waals surface area contributed by atoms with Crippen LogP contribution in [0.1, 0.15) is 15.9 Å². The molecule has 0 saturated heterocycles. The van der Waals surface area contributed by atoms with Gasteiger partial charge in [0.1, 0.15) is 19.0 Å². The van der Waals surface area contributed by atoms with Gasteiger partial charge in [-0.2, -0.15) is 0 Å². The molecule has 2 aromatic rings. The summed E-state index contributed by atoms with van der Waals surface area (Å²) in [6, 6.07) is 13.2. The van der Waals surface area contributed by atoms with Crippen molar-refractivity contribution < 1.29 is 18.7 Å². The Labute approximate surface area is 146 Å². The number of alkyl halides is 1. The van der Waals surface area contributed by atoms with Crippen LogP contribution in [0, 0.1) is 0 Å². The van der Waals surface area contributed by atoms with Gasteiger partial charge in [0.2, 0.25) is 0 Å². The average Bonchev–Trinajstić information content (AvgIpc) is 2.98. The second kappa shape index (κ2) is 7.98. The van der Waals surface area contributed by atoms with E-state index in [2.05, 4.69) is 5.32 Å². The van der Waals surface area contributed by atoms with Gasteiger partial charge >= 0.3 is 0 Å². The lowest BCUT2D eigenvalue weighted by Gasteiger charge is -2.16. The lowest BCUT2D eigenvalue weighted by Crippen LogP contribution is -2.22. The molecule has 5 nitrogen and oxygen atoms in total. The number of benzene rings is 2. The topological polar surface area (TPSA) is 50.8 Å². The molecule has 0 bridgehead atoms. The van der Waals surface area contributed by atoms with Crippen LogP contribution >= 0.6 is 0 Å². The van der Waals surface area contributed by atoms with E-state index in [9.17, 15) is 9.18 Å². The molecule has 0 spiro atoms. The van der Waals surface area contributed by atoms with Crippen molar-refractivity contribution in [2.75, 3.05) is 43.8 Å². The molecule has 0 aromatic heterocycles. The Morgan fingerprint density at radius 1 is 1.12 bits per heavy atom. The molecule has 1 heterocycles. The summed E-state index contributed by atoms with van der Waals surface area (Å²) in [5, 5.41) is 3.06. The molecule has 0 unspecified atom stereocenters. The molecule has 6 heteroatoms. The Balaban J connectivity index is 1.66. The van der Waals surface area contributed by atoms with E-state index in [0.29, 0.717) is 31.1 Å². The first kappa shape index (κ1) is 17.2. The molecule has 0 fully saturated rings. The van der Waals surface area contributed by atoms with E-state index in [4.69, 9.17) is 9.47 Å². The number of nitrogens with zero attached hydrogens (tertiary/aromatic N) is 1. The van der Waals surface area contributed by atoms with Gasteiger partial charge in [-0.1, -0.05) is 0 Å². The van der Waals surface area contributed by atoms with Crippen LogP contribution in [0.15, 0.2) is 42.5 Å². The summed E-state index contributed by atoms with van der Waals surface area (Å²) in [4.78, 5) is 14.4. The molecular formula is C19H21FN2O3. The number of anilines is 2. The molecule has 1 aliphatic rings. The Morgan fingerprint density at radius 2 is 1.92 bits per heavy atom. The van der Waals surface area contributed by atoms with E-state index in [1.54, 1.807) is 17.0 Å². The van der Waals surface area contributed by atoms with Gasteiger partial charge in [-0.05, 0) is 48.0 Å². The summed E-state index contributed by atoms with van der Waals surface area (Å²) < 4.78 is 22.6. The number of hydrogen-bond donors (Lipinski definition) is 1. The lowest BCUT2D eigenvalue weighted by molar-refractivity contribution is 0.0897. The van der Waals surface area contributed by atoms with Gasteiger partial charge in [0.15, 0.2) is 0 Å². The minimum Gasteiger partial charge on any atom is -0.491 e. The smallest absolute Gasteiger partial charge is 0.258 e. The van der Waals surface area contributed by atoms with Crippen LogP contribution in [-0.2, 0) is 11.3 Å². The summed E-state index contributed by atoms with van der Waals surface area (Å²) >= 11 is 0. The largest absolute Gasteiger partial charge is 0.491 e. The van der Waals surface area contributed by atoms with Gasteiger partial charge in [0.25, 0.3) is 5.91 Å². The zero-order valence-corrected chi connectivity index (χ0v) is 14.1. The molecule has 0 aliphatic carbocycles. The van der Waals surface area contributed by atoms with E-state index < -0.39 is 6.67 Å². The van der Waals surface area contributed by atoms with Crippen LogP contribution in [0.25, 0.3) is 0 Å². The van der Waals surface area contributed by atoms with E-state index in [1.165, 1.54) is 0 Å². The van der Waals surface area contributed by atoms with Crippen molar-refractivity contribution in [1.82, 2.24) is 0 Å². The summed E-state index contributed by atoms with van der Waals surface area (Å²) in [6.07, 6.45) is 0. The third kappa shape index (κ3) is 3.91. The highest BCUT2D eigenvalue weighted by atomic mass is 19.1. The SMILES string of the molecule is CNc1ccc(N2Cc3cc(OCCOCCF)ccc3C2=O)cc1. The van der Waals surface area contributed by atoms with Crippen molar-refractivity contribution in [3.05, 3.63) is 53.6 Å². The highest BCUT2D eigenvalue weighted by Gasteiger charge is 2.28. The number of nitrogens with one attached hydrogen (secondary N) is 1. The first-order valence-electron chi connectivity index (χ1n) is 8.22. The Kier molecular flexibility index (Phi) is 5.50. The van der Waals surface area contributed by atoms with Crippen LogP contribution in [0.2, 0.25) is 0 Å². The summed E-state index contributed by atoms with van der Waals surface area (Å²) in [5.74, 6) is 0.674. The predicted octanol–water partition coefficient (Wildman–Crippen LogP) is 3.25. The number of amides is 1. The third-order valence-electron chi connectivity index (χ3n) is 4.07. The Bertz CT molecular complexity index is 734. The van der Waals surface area contributed by atoms with Gasteiger partial charge in [-0.3, -0.25) is 4.79 Å².